The Hall–Kier alpha value is -2.04. The molecular weight excluding hydrogens is 266 g/mol. The molecule has 114 valence electrons. The minimum atomic E-state index is -0.431. The number of amides is 2. The van der Waals surface area contributed by atoms with Gasteiger partial charge in [-0.3, -0.25) is 14.5 Å². The Morgan fingerprint density at radius 3 is 2.48 bits per heavy atom. The van der Waals surface area contributed by atoms with Crippen molar-refractivity contribution in [3.8, 4) is 0 Å². The first kappa shape index (κ1) is 15.4. The van der Waals surface area contributed by atoms with E-state index in [9.17, 15) is 9.59 Å². The van der Waals surface area contributed by atoms with Gasteiger partial charge in [0.05, 0.1) is 6.42 Å². The minimum absolute atomic E-state index is 0.0733. The van der Waals surface area contributed by atoms with Crippen LogP contribution in [0.4, 0.5) is 11.4 Å². The van der Waals surface area contributed by atoms with Crippen molar-refractivity contribution < 1.29 is 9.59 Å². The molecule has 5 nitrogen and oxygen atoms in total. The predicted molar refractivity (Wildman–Crippen MR) is 84.4 cm³/mol. The quantitative estimate of drug-likeness (QED) is 0.815. The zero-order valence-electron chi connectivity index (χ0n) is 12.9. The maximum Gasteiger partial charge on any atom is 0.252 e. The maximum absolute atomic E-state index is 12.2. The van der Waals surface area contributed by atoms with Crippen LogP contribution in [0.5, 0.6) is 0 Å². The van der Waals surface area contributed by atoms with E-state index in [0.29, 0.717) is 6.54 Å². The van der Waals surface area contributed by atoms with Gasteiger partial charge in [-0.25, -0.2) is 0 Å². The molecule has 5 heteroatoms. The number of carbonyl (C=O) groups excluding carboxylic acids is 2. The maximum atomic E-state index is 12.2. The first-order chi connectivity index (χ1) is 10.0. The highest BCUT2D eigenvalue weighted by atomic mass is 16.2. The summed E-state index contributed by atoms with van der Waals surface area (Å²) in [5, 5.41) is 3.16. The minimum Gasteiger partial charge on any atom is -0.378 e. The van der Waals surface area contributed by atoms with Crippen molar-refractivity contribution in [3.63, 3.8) is 0 Å². The van der Waals surface area contributed by atoms with Crippen molar-refractivity contribution in [2.24, 2.45) is 0 Å². The summed E-state index contributed by atoms with van der Waals surface area (Å²) in [5.74, 6) is -0.180. The van der Waals surface area contributed by atoms with Crippen molar-refractivity contribution in [1.82, 2.24) is 4.90 Å². The smallest absolute Gasteiger partial charge is 0.252 e. The molecule has 1 N–H and O–H groups in total. The summed E-state index contributed by atoms with van der Waals surface area (Å²) in [6, 6.07) is 7.40. The Balaban J connectivity index is 2.00. The van der Waals surface area contributed by atoms with Crippen molar-refractivity contribution in [1.29, 1.82) is 0 Å². The molecule has 0 spiro atoms. The zero-order chi connectivity index (χ0) is 15.4. The van der Waals surface area contributed by atoms with Gasteiger partial charge in [-0.15, -0.1) is 0 Å². The number of hydrogen-bond acceptors (Lipinski definition) is 4. The summed E-state index contributed by atoms with van der Waals surface area (Å²) in [4.78, 5) is 27.5. The number of anilines is 2. The Morgan fingerprint density at radius 1 is 1.24 bits per heavy atom. The van der Waals surface area contributed by atoms with E-state index in [-0.39, 0.29) is 18.2 Å². The van der Waals surface area contributed by atoms with E-state index in [1.54, 1.807) is 0 Å². The van der Waals surface area contributed by atoms with Crippen LogP contribution in [-0.4, -0.2) is 43.4 Å². The fourth-order valence-corrected chi connectivity index (χ4v) is 2.40. The van der Waals surface area contributed by atoms with Crippen LogP contribution < -0.4 is 10.2 Å². The van der Waals surface area contributed by atoms with Gasteiger partial charge in [0.15, 0.2) is 0 Å². The zero-order valence-corrected chi connectivity index (χ0v) is 12.9. The fraction of sp³-hybridized carbons (Fsp3) is 0.500. The molecule has 2 amide bonds. The van der Waals surface area contributed by atoms with Gasteiger partial charge in [0.2, 0.25) is 5.91 Å². The summed E-state index contributed by atoms with van der Waals surface area (Å²) in [5.41, 5.74) is 1.96. The molecule has 0 saturated carbocycles. The SMILES string of the molecule is CCCCN1C(=O)CC(Nc2ccc(N(C)C)cc2)C1=O. The second-order valence-corrected chi connectivity index (χ2v) is 5.58. The third-order valence-electron chi connectivity index (χ3n) is 3.70. The molecule has 0 bridgehead atoms. The average molecular weight is 289 g/mol. The highest BCUT2D eigenvalue weighted by molar-refractivity contribution is 6.06. The van der Waals surface area contributed by atoms with Crippen molar-refractivity contribution in [2.75, 3.05) is 30.9 Å². The Bertz CT molecular complexity index is 511. The van der Waals surface area contributed by atoms with Crippen molar-refractivity contribution >= 4 is 23.2 Å². The summed E-state index contributed by atoms with van der Waals surface area (Å²) in [6.45, 7) is 2.58. The van der Waals surface area contributed by atoms with E-state index >= 15 is 0 Å². The number of nitrogens with one attached hydrogen (secondary N) is 1. The first-order valence-corrected chi connectivity index (χ1v) is 7.41. The highest BCUT2D eigenvalue weighted by Gasteiger charge is 2.37. The fourth-order valence-electron chi connectivity index (χ4n) is 2.40. The number of carbonyl (C=O) groups is 2. The third kappa shape index (κ3) is 3.54. The van der Waals surface area contributed by atoms with Crippen LogP contribution >= 0.6 is 0 Å². The molecule has 1 unspecified atom stereocenters. The Labute approximate surface area is 125 Å². The molecule has 1 fully saturated rings. The normalized spacial score (nSPS) is 18.2. The first-order valence-electron chi connectivity index (χ1n) is 7.41. The molecule has 1 aliphatic rings. The van der Waals surface area contributed by atoms with Crippen LogP contribution in [-0.2, 0) is 9.59 Å². The molecule has 2 rings (SSSR count). The number of nitrogens with zero attached hydrogens (tertiary/aromatic N) is 2. The van der Waals surface area contributed by atoms with Gasteiger partial charge >= 0.3 is 0 Å². The topological polar surface area (TPSA) is 52.7 Å². The van der Waals surface area contributed by atoms with Crippen LogP contribution in [0.3, 0.4) is 0 Å². The molecule has 0 aliphatic carbocycles. The number of likely N-dealkylation sites (tertiary alicyclic amines) is 1. The van der Waals surface area contributed by atoms with Gasteiger partial charge in [-0.05, 0) is 30.7 Å². The summed E-state index contributed by atoms with van der Waals surface area (Å²) in [6.07, 6.45) is 2.08. The van der Waals surface area contributed by atoms with Gasteiger partial charge in [0, 0.05) is 32.0 Å². The Kier molecular flexibility index (Phi) is 4.83. The molecule has 0 aromatic heterocycles. The second kappa shape index (κ2) is 6.61. The number of benzene rings is 1. The van der Waals surface area contributed by atoms with Crippen LogP contribution in [0, 0.1) is 0 Å². The van der Waals surface area contributed by atoms with Gasteiger partial charge in [-0.2, -0.15) is 0 Å². The molecule has 1 saturated heterocycles. The predicted octanol–water partition coefficient (Wildman–Crippen LogP) is 2.09. The van der Waals surface area contributed by atoms with Gasteiger partial charge in [0.25, 0.3) is 5.91 Å². The Morgan fingerprint density at radius 2 is 1.90 bits per heavy atom. The van der Waals surface area contributed by atoms with Gasteiger partial charge < -0.3 is 10.2 Å². The van der Waals surface area contributed by atoms with E-state index < -0.39 is 6.04 Å². The number of imide groups is 1. The lowest BCUT2D eigenvalue weighted by atomic mass is 10.2. The van der Waals surface area contributed by atoms with E-state index in [1.165, 1.54) is 4.90 Å². The molecule has 0 radical (unpaired) electrons. The monoisotopic (exact) mass is 289 g/mol. The van der Waals surface area contributed by atoms with Crippen molar-refractivity contribution in [2.45, 2.75) is 32.2 Å². The highest BCUT2D eigenvalue weighted by Crippen LogP contribution is 2.21. The van der Waals surface area contributed by atoms with E-state index in [1.807, 2.05) is 50.2 Å². The molecule has 1 aromatic carbocycles. The molecule has 21 heavy (non-hydrogen) atoms. The molecule has 1 aromatic rings. The largest absolute Gasteiger partial charge is 0.378 e. The summed E-state index contributed by atoms with van der Waals surface area (Å²) in [7, 11) is 3.96. The summed E-state index contributed by atoms with van der Waals surface area (Å²) < 4.78 is 0. The third-order valence-corrected chi connectivity index (χ3v) is 3.70. The average Bonchev–Trinajstić information content (AvgIpc) is 2.72. The van der Waals surface area contributed by atoms with Crippen LogP contribution in [0.1, 0.15) is 26.2 Å². The van der Waals surface area contributed by atoms with Crippen LogP contribution in [0.15, 0.2) is 24.3 Å². The van der Waals surface area contributed by atoms with Crippen LogP contribution in [0.25, 0.3) is 0 Å². The van der Waals surface area contributed by atoms with E-state index in [0.717, 1.165) is 24.2 Å². The lowest BCUT2D eigenvalue weighted by Gasteiger charge is -2.17. The van der Waals surface area contributed by atoms with Crippen LogP contribution in [0.2, 0.25) is 0 Å². The molecule has 1 aliphatic heterocycles. The molecule has 1 atom stereocenters. The van der Waals surface area contributed by atoms with Gasteiger partial charge in [-0.1, -0.05) is 13.3 Å². The van der Waals surface area contributed by atoms with Crippen molar-refractivity contribution in [3.05, 3.63) is 24.3 Å². The number of rotatable bonds is 6. The van der Waals surface area contributed by atoms with E-state index in [4.69, 9.17) is 0 Å². The van der Waals surface area contributed by atoms with E-state index in [2.05, 4.69) is 5.32 Å². The lowest BCUT2D eigenvalue weighted by Crippen LogP contribution is -2.35. The standard InChI is InChI=1S/C16H23N3O2/c1-4-5-10-19-15(20)11-14(16(19)21)17-12-6-8-13(9-7-12)18(2)3/h6-9,14,17H,4-5,10-11H2,1-3H3. The number of hydrogen-bond donors (Lipinski definition) is 1. The molecule has 1 heterocycles. The lowest BCUT2D eigenvalue weighted by molar-refractivity contribution is -0.138. The number of unbranched alkanes of at least 4 members (excludes halogenated alkanes) is 1. The second-order valence-electron chi connectivity index (χ2n) is 5.58. The summed E-state index contributed by atoms with van der Waals surface area (Å²) >= 11 is 0. The van der Waals surface area contributed by atoms with Gasteiger partial charge in [0.1, 0.15) is 6.04 Å². The molecular formula is C16H23N3O2.